The van der Waals surface area contributed by atoms with Crippen LogP contribution in [0.2, 0.25) is 0 Å². The highest BCUT2D eigenvalue weighted by Crippen LogP contribution is 2.15. The fraction of sp³-hybridized carbons (Fsp3) is 0.800. The highest BCUT2D eigenvalue weighted by Gasteiger charge is 2.10. The van der Waals surface area contributed by atoms with Crippen LogP contribution in [-0.2, 0) is 0 Å². The van der Waals surface area contributed by atoms with Gasteiger partial charge in [0, 0.05) is 6.04 Å². The summed E-state index contributed by atoms with van der Waals surface area (Å²) < 4.78 is 0. The van der Waals surface area contributed by atoms with Crippen molar-refractivity contribution in [2.75, 3.05) is 14.1 Å². The summed E-state index contributed by atoms with van der Waals surface area (Å²) in [5.41, 5.74) is 0. The summed E-state index contributed by atoms with van der Waals surface area (Å²) in [6.07, 6.45) is 11.3. The first-order valence-electron chi connectivity index (χ1n) is 4.62. The van der Waals surface area contributed by atoms with Gasteiger partial charge < -0.3 is 4.90 Å². The van der Waals surface area contributed by atoms with E-state index in [1.54, 1.807) is 0 Å². The van der Waals surface area contributed by atoms with Crippen LogP contribution >= 0.6 is 0 Å². The van der Waals surface area contributed by atoms with E-state index in [-0.39, 0.29) is 0 Å². The molecule has 1 heteroatoms. The van der Waals surface area contributed by atoms with Gasteiger partial charge in [0.2, 0.25) is 0 Å². The highest BCUT2D eigenvalue weighted by atomic mass is 15.1. The average molecular weight is 153 g/mol. The Labute approximate surface area is 70.1 Å². The molecule has 1 rings (SSSR count). The minimum Gasteiger partial charge on any atom is -0.306 e. The van der Waals surface area contributed by atoms with E-state index in [2.05, 4.69) is 31.1 Å². The van der Waals surface area contributed by atoms with Gasteiger partial charge in [-0.15, -0.1) is 0 Å². The molecule has 0 heterocycles. The lowest BCUT2D eigenvalue weighted by Gasteiger charge is -2.24. The normalized spacial score (nSPS) is 26.6. The van der Waals surface area contributed by atoms with Crippen molar-refractivity contribution >= 4 is 0 Å². The van der Waals surface area contributed by atoms with Gasteiger partial charge in [-0.05, 0) is 46.2 Å². The Bertz CT molecular complexity index is 127. The first kappa shape index (κ1) is 8.79. The largest absolute Gasteiger partial charge is 0.306 e. The zero-order valence-corrected chi connectivity index (χ0v) is 7.71. The van der Waals surface area contributed by atoms with Crippen LogP contribution in [0.1, 0.15) is 32.1 Å². The Morgan fingerprint density at radius 2 is 1.82 bits per heavy atom. The molecule has 0 bridgehead atoms. The van der Waals surface area contributed by atoms with Crippen LogP contribution in [0.4, 0.5) is 0 Å². The second-order valence-electron chi connectivity index (χ2n) is 3.60. The molecule has 0 fully saturated rings. The van der Waals surface area contributed by atoms with Gasteiger partial charge in [0.15, 0.2) is 0 Å². The van der Waals surface area contributed by atoms with Gasteiger partial charge >= 0.3 is 0 Å². The lowest BCUT2D eigenvalue weighted by Crippen LogP contribution is -2.27. The van der Waals surface area contributed by atoms with Gasteiger partial charge in [0.05, 0.1) is 0 Å². The summed E-state index contributed by atoms with van der Waals surface area (Å²) in [7, 11) is 4.38. The van der Waals surface area contributed by atoms with Crippen molar-refractivity contribution in [3.05, 3.63) is 12.2 Å². The fourth-order valence-electron chi connectivity index (χ4n) is 1.66. The molecule has 1 aliphatic carbocycles. The molecule has 1 nitrogen and oxygen atoms in total. The van der Waals surface area contributed by atoms with Gasteiger partial charge in [-0.2, -0.15) is 0 Å². The van der Waals surface area contributed by atoms with E-state index in [1.807, 2.05) is 0 Å². The summed E-state index contributed by atoms with van der Waals surface area (Å²) in [6.45, 7) is 0. The lowest BCUT2D eigenvalue weighted by molar-refractivity contribution is 0.259. The quantitative estimate of drug-likeness (QED) is 0.523. The van der Waals surface area contributed by atoms with Crippen molar-refractivity contribution in [1.82, 2.24) is 4.90 Å². The fourth-order valence-corrected chi connectivity index (χ4v) is 1.66. The zero-order valence-electron chi connectivity index (χ0n) is 7.71. The van der Waals surface area contributed by atoms with Crippen LogP contribution in [0.3, 0.4) is 0 Å². The van der Waals surface area contributed by atoms with E-state index in [1.165, 1.54) is 32.1 Å². The van der Waals surface area contributed by atoms with Crippen molar-refractivity contribution in [3.63, 3.8) is 0 Å². The first-order valence-corrected chi connectivity index (χ1v) is 4.62. The molecule has 0 spiro atoms. The summed E-state index contributed by atoms with van der Waals surface area (Å²) >= 11 is 0. The third-order valence-corrected chi connectivity index (χ3v) is 2.47. The third kappa shape index (κ3) is 3.06. The standard InChI is InChI=1S/C10H19N/c1-11(2)10-8-6-4-3-5-7-9-10/h3-4,10H,5-9H2,1-2H3/t10-/m1/s1. The monoisotopic (exact) mass is 153 g/mol. The minimum absolute atomic E-state index is 0.819. The lowest BCUT2D eigenvalue weighted by atomic mass is 10.0. The Hall–Kier alpha value is -0.300. The molecule has 0 aromatic heterocycles. The highest BCUT2D eigenvalue weighted by molar-refractivity contribution is 4.86. The SMILES string of the molecule is CN(C)[C@@H]1CCC=CCCC1. The molecular formula is C10H19N. The van der Waals surface area contributed by atoms with Crippen molar-refractivity contribution in [2.45, 2.75) is 38.1 Å². The molecule has 0 unspecified atom stereocenters. The average Bonchev–Trinajstić information content (AvgIpc) is 1.84. The maximum atomic E-state index is 2.36. The summed E-state index contributed by atoms with van der Waals surface area (Å²) in [4.78, 5) is 2.36. The zero-order chi connectivity index (χ0) is 8.10. The van der Waals surface area contributed by atoms with Crippen molar-refractivity contribution in [2.24, 2.45) is 0 Å². The van der Waals surface area contributed by atoms with Crippen LogP contribution < -0.4 is 0 Å². The smallest absolute Gasteiger partial charge is 0.00922 e. The van der Waals surface area contributed by atoms with E-state index < -0.39 is 0 Å². The first-order chi connectivity index (χ1) is 5.30. The molecule has 64 valence electrons. The van der Waals surface area contributed by atoms with E-state index >= 15 is 0 Å². The van der Waals surface area contributed by atoms with Gasteiger partial charge in [0.25, 0.3) is 0 Å². The number of allylic oxidation sites excluding steroid dienone is 2. The number of nitrogens with zero attached hydrogens (tertiary/aromatic N) is 1. The van der Waals surface area contributed by atoms with Crippen LogP contribution in [-0.4, -0.2) is 25.0 Å². The van der Waals surface area contributed by atoms with E-state index in [4.69, 9.17) is 0 Å². The van der Waals surface area contributed by atoms with Gasteiger partial charge in [-0.3, -0.25) is 0 Å². The van der Waals surface area contributed by atoms with E-state index in [0.29, 0.717) is 0 Å². The molecule has 0 saturated carbocycles. The Balaban J connectivity index is 2.35. The van der Waals surface area contributed by atoms with Crippen molar-refractivity contribution in [1.29, 1.82) is 0 Å². The molecule has 1 aliphatic rings. The summed E-state index contributed by atoms with van der Waals surface area (Å²) in [5.74, 6) is 0. The summed E-state index contributed by atoms with van der Waals surface area (Å²) in [5, 5.41) is 0. The van der Waals surface area contributed by atoms with Crippen LogP contribution in [0.25, 0.3) is 0 Å². The summed E-state index contributed by atoms with van der Waals surface area (Å²) in [6, 6.07) is 0.819. The molecule has 1 atom stereocenters. The van der Waals surface area contributed by atoms with Crippen LogP contribution in [0, 0.1) is 0 Å². The number of hydrogen-bond acceptors (Lipinski definition) is 1. The van der Waals surface area contributed by atoms with Gasteiger partial charge in [-0.1, -0.05) is 12.2 Å². The van der Waals surface area contributed by atoms with Crippen molar-refractivity contribution < 1.29 is 0 Å². The second-order valence-corrected chi connectivity index (χ2v) is 3.60. The topological polar surface area (TPSA) is 3.24 Å². The second kappa shape index (κ2) is 4.55. The molecule has 11 heavy (non-hydrogen) atoms. The maximum absolute atomic E-state index is 2.36. The Kier molecular flexibility index (Phi) is 3.64. The molecule has 0 N–H and O–H groups in total. The van der Waals surface area contributed by atoms with Crippen LogP contribution in [0.5, 0.6) is 0 Å². The molecule has 0 aromatic carbocycles. The minimum atomic E-state index is 0.819. The Morgan fingerprint density at radius 1 is 1.09 bits per heavy atom. The molecule has 0 aliphatic heterocycles. The Morgan fingerprint density at radius 3 is 2.55 bits per heavy atom. The van der Waals surface area contributed by atoms with Crippen molar-refractivity contribution in [3.8, 4) is 0 Å². The van der Waals surface area contributed by atoms with E-state index in [9.17, 15) is 0 Å². The van der Waals surface area contributed by atoms with Crippen LogP contribution in [0.15, 0.2) is 12.2 Å². The van der Waals surface area contributed by atoms with Gasteiger partial charge in [-0.25, -0.2) is 0 Å². The predicted molar refractivity (Wildman–Crippen MR) is 49.7 cm³/mol. The maximum Gasteiger partial charge on any atom is 0.00922 e. The third-order valence-electron chi connectivity index (χ3n) is 2.47. The molecule has 0 aromatic rings. The number of hydrogen-bond donors (Lipinski definition) is 0. The predicted octanol–water partition coefficient (Wildman–Crippen LogP) is 2.44. The number of rotatable bonds is 1. The molecule has 0 amide bonds. The van der Waals surface area contributed by atoms with E-state index in [0.717, 1.165) is 6.04 Å². The molecule has 0 radical (unpaired) electrons. The van der Waals surface area contributed by atoms with Gasteiger partial charge in [0.1, 0.15) is 0 Å². The molecule has 0 saturated heterocycles. The molecular weight excluding hydrogens is 134 g/mol.